The summed E-state index contributed by atoms with van der Waals surface area (Å²) in [5.41, 5.74) is 0.261. The number of aliphatic hydroxyl groups is 1. The van der Waals surface area contributed by atoms with Crippen LogP contribution in [0.25, 0.3) is 0 Å². The molecule has 134 valence electrons. The van der Waals surface area contributed by atoms with E-state index in [0.29, 0.717) is 11.1 Å². The van der Waals surface area contributed by atoms with Crippen molar-refractivity contribution in [2.75, 3.05) is 0 Å². The first kappa shape index (κ1) is 16.4. The highest BCUT2D eigenvalue weighted by molar-refractivity contribution is 5.93. The number of hydrogen-bond acceptors (Lipinski definition) is 6. The number of carbonyl (C=O) groups is 2. The molecule has 1 saturated heterocycles. The van der Waals surface area contributed by atoms with Gasteiger partial charge in [-0.2, -0.15) is 0 Å². The van der Waals surface area contributed by atoms with Gasteiger partial charge in [-0.3, -0.25) is 0 Å². The summed E-state index contributed by atoms with van der Waals surface area (Å²) in [6.07, 6.45) is 6.05. The highest BCUT2D eigenvalue weighted by atomic mass is 16.7. The molecule has 2 heterocycles. The van der Waals surface area contributed by atoms with Gasteiger partial charge in [0.2, 0.25) is 0 Å². The van der Waals surface area contributed by atoms with Crippen LogP contribution in [0.4, 0.5) is 0 Å². The molecule has 0 aromatic heterocycles. The van der Waals surface area contributed by atoms with Gasteiger partial charge in [0.15, 0.2) is 0 Å². The Morgan fingerprint density at radius 2 is 2.00 bits per heavy atom. The highest BCUT2D eigenvalue weighted by Crippen LogP contribution is 2.57. The average Bonchev–Trinajstić information content (AvgIpc) is 3.11. The standard InChI is InChI=1S/C19H22O6/c1-10-7-14(24-16(10)20)23-9-13-12-8-11-5-4-6-18(2,3)19(11,22)15(12)25-17(13)21/h7-9,12,14-15,22H,4-6H2,1-3H3/b13-9+/t12-,14+,15+,19-/m1/s1. The number of ether oxygens (including phenoxy) is 3. The Bertz CT molecular complexity index is 743. The predicted molar refractivity (Wildman–Crippen MR) is 86.8 cm³/mol. The van der Waals surface area contributed by atoms with Gasteiger partial charge in [0.25, 0.3) is 6.29 Å². The number of esters is 2. The summed E-state index contributed by atoms with van der Waals surface area (Å²) in [5, 5.41) is 11.4. The maximum absolute atomic E-state index is 12.3. The molecule has 0 amide bonds. The Hall–Kier alpha value is -2.08. The fourth-order valence-electron chi connectivity index (χ4n) is 4.45. The second-order valence-electron chi connectivity index (χ2n) is 7.88. The molecule has 0 aromatic carbocycles. The third-order valence-corrected chi connectivity index (χ3v) is 5.98. The minimum atomic E-state index is -1.14. The summed E-state index contributed by atoms with van der Waals surface area (Å²) in [5.74, 6) is -1.27. The van der Waals surface area contributed by atoms with E-state index in [-0.39, 0.29) is 11.3 Å². The highest BCUT2D eigenvalue weighted by Gasteiger charge is 2.64. The van der Waals surface area contributed by atoms with E-state index in [0.717, 1.165) is 24.8 Å². The molecule has 0 spiro atoms. The van der Waals surface area contributed by atoms with Crippen LogP contribution in [0.5, 0.6) is 0 Å². The zero-order valence-electron chi connectivity index (χ0n) is 14.6. The van der Waals surface area contributed by atoms with Gasteiger partial charge in [0, 0.05) is 17.1 Å². The number of fused-ring (bicyclic) bond motifs is 3. The molecular formula is C19H22O6. The maximum Gasteiger partial charge on any atom is 0.338 e. The van der Waals surface area contributed by atoms with Crippen molar-refractivity contribution < 1.29 is 28.9 Å². The maximum atomic E-state index is 12.3. The Balaban J connectivity index is 1.61. The van der Waals surface area contributed by atoms with Crippen molar-refractivity contribution in [2.45, 2.75) is 58.0 Å². The van der Waals surface area contributed by atoms with Crippen LogP contribution in [-0.4, -0.2) is 35.0 Å². The van der Waals surface area contributed by atoms with E-state index in [1.54, 1.807) is 13.0 Å². The third kappa shape index (κ3) is 2.20. The first-order chi connectivity index (χ1) is 11.7. The first-order valence-electron chi connectivity index (χ1n) is 8.63. The van der Waals surface area contributed by atoms with Gasteiger partial charge in [-0.05, 0) is 31.8 Å². The van der Waals surface area contributed by atoms with Crippen molar-refractivity contribution >= 4 is 11.9 Å². The Morgan fingerprint density at radius 1 is 1.24 bits per heavy atom. The first-order valence-corrected chi connectivity index (χ1v) is 8.63. The molecule has 2 aliphatic heterocycles. The van der Waals surface area contributed by atoms with Gasteiger partial charge >= 0.3 is 11.9 Å². The largest absolute Gasteiger partial charge is 0.458 e. The van der Waals surface area contributed by atoms with Crippen LogP contribution in [0.2, 0.25) is 0 Å². The average molecular weight is 346 g/mol. The van der Waals surface area contributed by atoms with Gasteiger partial charge < -0.3 is 19.3 Å². The molecule has 1 saturated carbocycles. The molecule has 0 bridgehead atoms. The second kappa shape index (κ2) is 5.21. The Labute approximate surface area is 146 Å². The number of rotatable bonds is 2. The molecule has 4 rings (SSSR count). The molecule has 6 nitrogen and oxygen atoms in total. The number of cyclic esters (lactones) is 1. The molecule has 1 N–H and O–H groups in total. The van der Waals surface area contributed by atoms with Crippen molar-refractivity contribution in [3.05, 3.63) is 35.1 Å². The van der Waals surface area contributed by atoms with E-state index in [9.17, 15) is 14.7 Å². The minimum Gasteiger partial charge on any atom is -0.458 e. The quantitative estimate of drug-likeness (QED) is 0.357. The molecule has 4 aliphatic rings. The van der Waals surface area contributed by atoms with Crippen molar-refractivity contribution in [3.8, 4) is 0 Å². The second-order valence-corrected chi connectivity index (χ2v) is 7.88. The summed E-state index contributed by atoms with van der Waals surface area (Å²) in [4.78, 5) is 23.7. The van der Waals surface area contributed by atoms with Crippen LogP contribution in [0, 0.1) is 11.3 Å². The van der Waals surface area contributed by atoms with Gasteiger partial charge in [-0.25, -0.2) is 9.59 Å². The van der Waals surface area contributed by atoms with Crippen LogP contribution >= 0.6 is 0 Å². The zero-order chi connectivity index (χ0) is 18.0. The summed E-state index contributed by atoms with van der Waals surface area (Å²) in [6, 6.07) is 0. The summed E-state index contributed by atoms with van der Waals surface area (Å²) < 4.78 is 16.0. The van der Waals surface area contributed by atoms with E-state index in [4.69, 9.17) is 14.2 Å². The van der Waals surface area contributed by atoms with E-state index in [1.165, 1.54) is 6.26 Å². The SMILES string of the molecule is CC1=C[C@@H](O/C=C2/C(=O)O[C@H]3[C@@H]2C=C2CCCC(C)(C)[C@@]23O)OC1=O. The molecule has 4 atom stereocenters. The van der Waals surface area contributed by atoms with Crippen LogP contribution in [-0.2, 0) is 23.8 Å². The third-order valence-electron chi connectivity index (χ3n) is 5.98. The fraction of sp³-hybridized carbons (Fsp3) is 0.579. The lowest BCUT2D eigenvalue weighted by molar-refractivity contribution is -0.164. The van der Waals surface area contributed by atoms with Gasteiger partial charge in [0.05, 0.1) is 17.8 Å². The van der Waals surface area contributed by atoms with E-state index in [2.05, 4.69) is 0 Å². The molecule has 0 aromatic rings. The molecule has 25 heavy (non-hydrogen) atoms. The van der Waals surface area contributed by atoms with Crippen molar-refractivity contribution in [1.29, 1.82) is 0 Å². The van der Waals surface area contributed by atoms with Gasteiger partial charge in [-0.1, -0.05) is 19.9 Å². The van der Waals surface area contributed by atoms with Crippen LogP contribution in [0.1, 0.15) is 40.0 Å². The summed E-state index contributed by atoms with van der Waals surface area (Å²) >= 11 is 0. The minimum absolute atomic E-state index is 0.341. The van der Waals surface area contributed by atoms with Crippen LogP contribution in [0.3, 0.4) is 0 Å². The molecule has 0 radical (unpaired) electrons. The van der Waals surface area contributed by atoms with Gasteiger partial charge in [0.1, 0.15) is 11.7 Å². The summed E-state index contributed by atoms with van der Waals surface area (Å²) in [6.45, 7) is 5.67. The fourth-order valence-corrected chi connectivity index (χ4v) is 4.45. The number of carbonyl (C=O) groups excluding carboxylic acids is 2. The monoisotopic (exact) mass is 346 g/mol. The van der Waals surface area contributed by atoms with E-state index >= 15 is 0 Å². The van der Waals surface area contributed by atoms with E-state index < -0.39 is 29.9 Å². The summed E-state index contributed by atoms with van der Waals surface area (Å²) in [7, 11) is 0. The van der Waals surface area contributed by atoms with E-state index in [1.807, 2.05) is 19.9 Å². The number of hydrogen-bond donors (Lipinski definition) is 1. The van der Waals surface area contributed by atoms with Crippen molar-refractivity contribution in [1.82, 2.24) is 0 Å². The lowest BCUT2D eigenvalue weighted by atomic mass is 9.62. The molecule has 0 unspecified atom stereocenters. The van der Waals surface area contributed by atoms with Crippen LogP contribution < -0.4 is 0 Å². The predicted octanol–water partition coefficient (Wildman–Crippen LogP) is 2.14. The lowest BCUT2D eigenvalue weighted by Crippen LogP contribution is -2.55. The van der Waals surface area contributed by atoms with Crippen LogP contribution in [0.15, 0.2) is 35.1 Å². The van der Waals surface area contributed by atoms with Crippen molar-refractivity contribution in [3.63, 3.8) is 0 Å². The Kier molecular flexibility index (Phi) is 3.41. The molecule has 2 fully saturated rings. The molecule has 6 heteroatoms. The zero-order valence-corrected chi connectivity index (χ0v) is 14.6. The smallest absolute Gasteiger partial charge is 0.338 e. The topological polar surface area (TPSA) is 82.1 Å². The van der Waals surface area contributed by atoms with Crippen molar-refractivity contribution in [2.24, 2.45) is 11.3 Å². The van der Waals surface area contributed by atoms with Gasteiger partial charge in [-0.15, -0.1) is 0 Å². The molecule has 2 aliphatic carbocycles. The lowest BCUT2D eigenvalue weighted by Gasteiger charge is -2.48. The Morgan fingerprint density at radius 3 is 2.68 bits per heavy atom. The normalized spacial score (nSPS) is 40.2. The molecular weight excluding hydrogens is 324 g/mol.